The Morgan fingerprint density at radius 1 is 1.42 bits per heavy atom. The average Bonchev–Trinajstić information content (AvgIpc) is 2.31. The van der Waals surface area contributed by atoms with E-state index in [1.165, 1.54) is 25.0 Å². The molecule has 0 bridgehead atoms. The van der Waals surface area contributed by atoms with Crippen molar-refractivity contribution >= 4 is 0 Å². The molecule has 0 spiro atoms. The largest absolute Gasteiger partial charge is 0.454 e. The van der Waals surface area contributed by atoms with Gasteiger partial charge in [-0.1, -0.05) is 12.2 Å². The molecule has 0 saturated carbocycles. The summed E-state index contributed by atoms with van der Waals surface area (Å²) in [6.45, 7) is 8.52. The third-order valence-corrected chi connectivity index (χ3v) is 2.84. The molecule has 0 aliphatic carbocycles. The molecule has 2 saturated heterocycles. The van der Waals surface area contributed by atoms with Gasteiger partial charge in [0.2, 0.25) is 0 Å². The Labute approximate surface area is 74.8 Å². The highest BCUT2D eigenvalue weighted by Crippen LogP contribution is 2.21. The van der Waals surface area contributed by atoms with E-state index in [9.17, 15) is 0 Å². The van der Waals surface area contributed by atoms with Crippen molar-refractivity contribution in [3.63, 3.8) is 0 Å². The molecule has 68 valence electrons. The number of rotatable bonds is 0. The van der Waals surface area contributed by atoms with Crippen LogP contribution in [0, 0.1) is 7.05 Å². The third kappa shape index (κ3) is 1.54. The van der Waals surface area contributed by atoms with Crippen molar-refractivity contribution in [2.75, 3.05) is 26.2 Å². The Kier molecular flexibility index (Phi) is 2.20. The number of fused-ring (bicyclic) bond motifs is 1. The molecule has 2 aliphatic rings. The van der Waals surface area contributed by atoms with E-state index in [1.807, 2.05) is 0 Å². The highest BCUT2D eigenvalue weighted by molar-refractivity contribution is 5.05. The lowest BCUT2D eigenvalue weighted by molar-refractivity contribution is 0.252. The van der Waals surface area contributed by atoms with E-state index in [4.69, 9.17) is 0 Å². The van der Waals surface area contributed by atoms with Gasteiger partial charge in [-0.3, -0.25) is 11.9 Å². The lowest BCUT2D eigenvalue weighted by atomic mass is 10.2. The van der Waals surface area contributed by atoms with E-state index in [1.54, 1.807) is 0 Å². The molecule has 0 aromatic carbocycles. The minimum atomic E-state index is 0.752. The zero-order valence-corrected chi connectivity index (χ0v) is 7.63. The average molecular weight is 165 g/mol. The van der Waals surface area contributed by atoms with Crippen molar-refractivity contribution in [2.24, 2.45) is 0 Å². The summed E-state index contributed by atoms with van der Waals surface area (Å²) in [5, 5.41) is 0. The molecule has 12 heavy (non-hydrogen) atoms. The maximum Gasteiger partial charge on any atom is 0.0205 e. The molecule has 2 fully saturated rings. The van der Waals surface area contributed by atoms with Crippen LogP contribution in [0.1, 0.15) is 12.8 Å². The molecule has 1 unspecified atom stereocenters. The first-order chi connectivity index (χ1) is 5.75. The number of hydrogen-bond acceptors (Lipinski definition) is 2. The first kappa shape index (κ1) is 8.27. The van der Waals surface area contributed by atoms with Gasteiger partial charge in [-0.15, -0.1) is 0 Å². The van der Waals surface area contributed by atoms with Gasteiger partial charge in [0.1, 0.15) is 0 Å². The van der Waals surface area contributed by atoms with Crippen LogP contribution in [-0.2, 0) is 0 Å². The van der Waals surface area contributed by atoms with Crippen LogP contribution in [0.25, 0.3) is 0 Å². The fourth-order valence-electron chi connectivity index (χ4n) is 2.33. The Morgan fingerprint density at radius 2 is 2.25 bits per heavy atom. The normalized spacial score (nSPS) is 33.4. The van der Waals surface area contributed by atoms with Crippen molar-refractivity contribution in [1.82, 2.24) is 9.80 Å². The lowest BCUT2D eigenvalue weighted by Crippen LogP contribution is -2.34. The quantitative estimate of drug-likeness (QED) is 0.392. The summed E-state index contributed by atoms with van der Waals surface area (Å²) in [6.07, 6.45) is 2.70. The van der Waals surface area contributed by atoms with E-state index >= 15 is 0 Å². The maximum absolute atomic E-state index is 4.06. The van der Waals surface area contributed by atoms with Gasteiger partial charge in [0, 0.05) is 12.6 Å². The second-order valence-electron chi connectivity index (χ2n) is 4.03. The lowest BCUT2D eigenvalue weighted by Gasteiger charge is -2.27. The standard InChI is InChI=1S/C10H17N2/c1-9-6-11(2)8-10-4-3-5-12(10)7-9/h10H,1-8H2/q-1. The van der Waals surface area contributed by atoms with Gasteiger partial charge >= 0.3 is 0 Å². The predicted molar refractivity (Wildman–Crippen MR) is 50.7 cm³/mol. The third-order valence-electron chi connectivity index (χ3n) is 2.84. The zero-order chi connectivity index (χ0) is 8.55. The van der Waals surface area contributed by atoms with Gasteiger partial charge in [0.05, 0.1) is 0 Å². The summed E-state index contributed by atoms with van der Waals surface area (Å²) in [6, 6.07) is 0.752. The highest BCUT2D eigenvalue weighted by atomic mass is 15.2. The summed E-state index contributed by atoms with van der Waals surface area (Å²) in [5.74, 6) is 0. The molecule has 0 radical (unpaired) electrons. The Balaban J connectivity index is 2.07. The van der Waals surface area contributed by atoms with Crippen LogP contribution in [0.4, 0.5) is 0 Å². The zero-order valence-electron chi connectivity index (χ0n) is 7.63. The van der Waals surface area contributed by atoms with Crippen LogP contribution in [0.3, 0.4) is 0 Å². The molecule has 2 aliphatic heterocycles. The molecule has 1 atom stereocenters. The summed E-state index contributed by atoms with van der Waals surface area (Å²) in [4.78, 5) is 4.70. The Morgan fingerprint density at radius 3 is 3.08 bits per heavy atom. The smallest absolute Gasteiger partial charge is 0.0205 e. The maximum atomic E-state index is 4.06. The molecule has 0 aromatic heterocycles. The van der Waals surface area contributed by atoms with E-state index in [2.05, 4.69) is 23.4 Å². The molecule has 0 N–H and O–H groups in total. The summed E-state index contributed by atoms with van der Waals surface area (Å²) >= 11 is 0. The van der Waals surface area contributed by atoms with E-state index in [0.717, 1.165) is 25.7 Å². The first-order valence-electron chi connectivity index (χ1n) is 4.72. The molecule has 2 nitrogen and oxygen atoms in total. The van der Waals surface area contributed by atoms with Gasteiger partial charge in [-0.2, -0.15) is 0 Å². The molecule has 0 amide bonds. The molecular formula is C10H17N2-. The van der Waals surface area contributed by atoms with E-state index in [0.29, 0.717) is 0 Å². The van der Waals surface area contributed by atoms with Crippen molar-refractivity contribution in [3.05, 3.63) is 19.2 Å². The Bertz CT molecular complexity index is 188. The molecule has 2 rings (SSSR count). The van der Waals surface area contributed by atoms with Gasteiger partial charge in [0.15, 0.2) is 0 Å². The van der Waals surface area contributed by atoms with Crippen LogP contribution in [-0.4, -0.2) is 42.0 Å². The number of hydrogen-bond donors (Lipinski definition) is 0. The fourth-order valence-corrected chi connectivity index (χ4v) is 2.33. The summed E-state index contributed by atoms with van der Waals surface area (Å²) < 4.78 is 0. The van der Waals surface area contributed by atoms with Crippen LogP contribution >= 0.6 is 0 Å². The van der Waals surface area contributed by atoms with Crippen LogP contribution in [0.15, 0.2) is 12.2 Å². The van der Waals surface area contributed by atoms with Gasteiger partial charge < -0.3 is 4.90 Å². The van der Waals surface area contributed by atoms with E-state index in [-0.39, 0.29) is 0 Å². The van der Waals surface area contributed by atoms with Crippen molar-refractivity contribution in [2.45, 2.75) is 18.9 Å². The van der Waals surface area contributed by atoms with Crippen molar-refractivity contribution < 1.29 is 0 Å². The SMILES string of the molecule is C=C1CN([CH2-])CC2CCCN2C1. The number of nitrogens with zero attached hydrogens (tertiary/aromatic N) is 2. The second-order valence-corrected chi connectivity index (χ2v) is 4.03. The first-order valence-corrected chi connectivity index (χ1v) is 4.72. The highest BCUT2D eigenvalue weighted by Gasteiger charge is 2.26. The molecule has 0 aromatic rings. The molecule has 2 heteroatoms. The predicted octanol–water partition coefficient (Wildman–Crippen LogP) is 1.11. The van der Waals surface area contributed by atoms with Crippen molar-refractivity contribution in [1.29, 1.82) is 0 Å². The second kappa shape index (κ2) is 3.19. The Hall–Kier alpha value is -0.340. The minimum absolute atomic E-state index is 0.752. The van der Waals surface area contributed by atoms with Crippen LogP contribution in [0.5, 0.6) is 0 Å². The fraction of sp³-hybridized carbons (Fsp3) is 0.700. The van der Waals surface area contributed by atoms with E-state index < -0.39 is 0 Å². The summed E-state index contributed by atoms with van der Waals surface area (Å²) in [5.41, 5.74) is 1.31. The van der Waals surface area contributed by atoms with Gasteiger partial charge in [0.25, 0.3) is 0 Å². The van der Waals surface area contributed by atoms with Crippen LogP contribution < -0.4 is 0 Å². The minimum Gasteiger partial charge on any atom is -0.454 e. The topological polar surface area (TPSA) is 6.48 Å². The molecular weight excluding hydrogens is 148 g/mol. The van der Waals surface area contributed by atoms with Gasteiger partial charge in [-0.25, -0.2) is 0 Å². The molecule has 2 heterocycles. The van der Waals surface area contributed by atoms with Crippen LogP contribution in [0.2, 0.25) is 0 Å². The van der Waals surface area contributed by atoms with Crippen molar-refractivity contribution in [3.8, 4) is 0 Å². The van der Waals surface area contributed by atoms with Gasteiger partial charge in [-0.05, 0) is 32.5 Å². The summed E-state index contributed by atoms with van der Waals surface area (Å²) in [7, 11) is 4.01. The monoisotopic (exact) mass is 165 g/mol.